The molecule has 1 atom stereocenters. The van der Waals surface area contributed by atoms with E-state index in [1.54, 1.807) is 19.4 Å². The number of rotatable bonds is 2. The van der Waals surface area contributed by atoms with Gasteiger partial charge in [0.1, 0.15) is 11.6 Å². The second kappa shape index (κ2) is 6.67. The summed E-state index contributed by atoms with van der Waals surface area (Å²) in [6.07, 6.45) is 3.35. The van der Waals surface area contributed by atoms with Crippen LogP contribution in [-0.2, 0) is 7.05 Å². The van der Waals surface area contributed by atoms with Crippen molar-refractivity contribution in [2.45, 2.75) is 26.8 Å². The lowest BCUT2D eigenvalue weighted by Crippen LogP contribution is -2.22. The summed E-state index contributed by atoms with van der Waals surface area (Å²) in [5.74, 6) is 1.21. The maximum absolute atomic E-state index is 12.8. The molecule has 2 N–H and O–H groups in total. The second-order valence-corrected chi connectivity index (χ2v) is 5.86. The summed E-state index contributed by atoms with van der Waals surface area (Å²) in [6, 6.07) is 3.63. The van der Waals surface area contributed by atoms with E-state index >= 15 is 0 Å². The van der Waals surface area contributed by atoms with E-state index in [0.29, 0.717) is 28.1 Å². The topological polar surface area (TPSA) is 86.7 Å². The van der Waals surface area contributed by atoms with Crippen LogP contribution in [0.1, 0.15) is 29.9 Å². The minimum absolute atomic E-state index is 0. The first kappa shape index (κ1) is 18.0. The Bertz CT molecular complexity index is 948. The number of hydrogen-bond acceptors (Lipinski definition) is 5. The van der Waals surface area contributed by atoms with Gasteiger partial charge in [0, 0.05) is 25.5 Å². The van der Waals surface area contributed by atoms with Crippen molar-refractivity contribution < 1.29 is 0 Å². The third-order valence-electron chi connectivity index (χ3n) is 3.88. The van der Waals surface area contributed by atoms with E-state index in [4.69, 9.17) is 10.7 Å². The molecule has 3 aromatic rings. The summed E-state index contributed by atoms with van der Waals surface area (Å²) in [7, 11) is 1.71. The van der Waals surface area contributed by atoms with Crippen molar-refractivity contribution in [3.8, 4) is 11.4 Å². The lowest BCUT2D eigenvalue weighted by atomic mass is 10.0. The first-order chi connectivity index (χ1) is 10.9. The molecule has 0 radical (unpaired) electrons. The summed E-state index contributed by atoms with van der Waals surface area (Å²) in [5, 5.41) is 0.580. The molecule has 0 bridgehead atoms. The fourth-order valence-electron chi connectivity index (χ4n) is 2.67. The number of aromatic nitrogens is 4. The van der Waals surface area contributed by atoms with Crippen LogP contribution in [0, 0.1) is 13.8 Å². The van der Waals surface area contributed by atoms with Gasteiger partial charge in [0.15, 0.2) is 0 Å². The highest BCUT2D eigenvalue weighted by Crippen LogP contribution is 2.24. The average molecular weight is 346 g/mol. The molecule has 0 spiro atoms. The highest BCUT2D eigenvalue weighted by atomic mass is 35.5. The molecule has 7 heteroatoms. The van der Waals surface area contributed by atoms with Gasteiger partial charge in [-0.3, -0.25) is 9.36 Å². The number of hydrogen-bond donors (Lipinski definition) is 1. The molecule has 2 aromatic heterocycles. The molecule has 0 saturated carbocycles. The van der Waals surface area contributed by atoms with Crippen LogP contribution in [0.4, 0.5) is 0 Å². The molecule has 0 amide bonds. The molecule has 1 aromatic carbocycles. The van der Waals surface area contributed by atoms with Gasteiger partial charge in [0.25, 0.3) is 5.56 Å². The Morgan fingerprint density at radius 2 is 1.79 bits per heavy atom. The number of aryl methyl sites for hydroxylation is 2. The van der Waals surface area contributed by atoms with Crippen LogP contribution in [0.3, 0.4) is 0 Å². The van der Waals surface area contributed by atoms with E-state index in [-0.39, 0.29) is 24.0 Å². The Kier molecular flexibility index (Phi) is 5.01. The molecule has 3 rings (SSSR count). The molecule has 1 unspecified atom stereocenters. The third-order valence-corrected chi connectivity index (χ3v) is 3.88. The van der Waals surface area contributed by atoms with E-state index in [0.717, 1.165) is 11.1 Å². The van der Waals surface area contributed by atoms with Crippen molar-refractivity contribution in [2.75, 3.05) is 0 Å². The predicted octanol–water partition coefficient (Wildman–Crippen LogP) is 2.45. The van der Waals surface area contributed by atoms with Crippen LogP contribution in [-0.4, -0.2) is 19.5 Å². The van der Waals surface area contributed by atoms with Crippen molar-refractivity contribution in [1.29, 1.82) is 0 Å². The van der Waals surface area contributed by atoms with Gasteiger partial charge in [0.05, 0.1) is 16.5 Å². The maximum atomic E-state index is 12.8. The lowest BCUT2D eigenvalue weighted by molar-refractivity contribution is 0.813. The number of halogens is 1. The Morgan fingerprint density at radius 1 is 1.17 bits per heavy atom. The predicted molar refractivity (Wildman–Crippen MR) is 97.3 cm³/mol. The smallest absolute Gasteiger partial charge is 0.261 e. The van der Waals surface area contributed by atoms with Gasteiger partial charge in [0.2, 0.25) is 0 Å². The second-order valence-electron chi connectivity index (χ2n) is 5.86. The number of nitrogens with two attached hydrogens (primary N) is 1. The Hall–Kier alpha value is -2.31. The van der Waals surface area contributed by atoms with Gasteiger partial charge in [-0.2, -0.15) is 0 Å². The van der Waals surface area contributed by atoms with Crippen molar-refractivity contribution in [1.82, 2.24) is 19.5 Å². The van der Waals surface area contributed by atoms with Gasteiger partial charge in [-0.1, -0.05) is 6.07 Å². The van der Waals surface area contributed by atoms with E-state index in [2.05, 4.69) is 9.97 Å². The summed E-state index contributed by atoms with van der Waals surface area (Å²) in [6.45, 7) is 5.65. The van der Waals surface area contributed by atoms with E-state index in [9.17, 15) is 4.79 Å². The fraction of sp³-hybridized carbons (Fsp3) is 0.294. The number of nitrogens with zero attached hydrogens (tertiary/aromatic N) is 4. The summed E-state index contributed by atoms with van der Waals surface area (Å²) in [5.41, 5.74) is 9.18. The molecule has 0 aliphatic rings. The zero-order chi connectivity index (χ0) is 16.7. The fourth-order valence-corrected chi connectivity index (χ4v) is 2.67. The molecule has 2 heterocycles. The van der Waals surface area contributed by atoms with Crippen LogP contribution in [0.5, 0.6) is 0 Å². The van der Waals surface area contributed by atoms with Crippen LogP contribution < -0.4 is 11.3 Å². The van der Waals surface area contributed by atoms with Crippen LogP contribution >= 0.6 is 12.4 Å². The highest BCUT2D eigenvalue weighted by molar-refractivity contribution is 5.85. The van der Waals surface area contributed by atoms with E-state index in [1.165, 1.54) is 4.57 Å². The first-order valence-corrected chi connectivity index (χ1v) is 7.44. The summed E-state index contributed by atoms with van der Waals surface area (Å²) < 4.78 is 1.53. The minimum atomic E-state index is -0.209. The molecule has 24 heavy (non-hydrogen) atoms. The van der Waals surface area contributed by atoms with Gasteiger partial charge in [-0.25, -0.2) is 15.0 Å². The molecule has 0 aliphatic carbocycles. The molecular formula is C17H20ClN5O. The minimum Gasteiger partial charge on any atom is -0.324 e. The SMILES string of the molecule is Cc1cc(C(C)N)c2nc(-c3cnc(C)nc3)n(C)c(=O)c2c1.Cl. The zero-order valence-electron chi connectivity index (χ0n) is 14.1. The molecule has 6 nitrogen and oxygen atoms in total. The Morgan fingerprint density at radius 3 is 2.38 bits per heavy atom. The molecule has 0 aliphatic heterocycles. The largest absolute Gasteiger partial charge is 0.324 e. The van der Waals surface area contributed by atoms with Crippen molar-refractivity contribution in [3.05, 3.63) is 51.8 Å². The van der Waals surface area contributed by atoms with Crippen LogP contribution in [0.25, 0.3) is 22.3 Å². The molecular weight excluding hydrogens is 326 g/mol. The monoisotopic (exact) mass is 345 g/mol. The van der Waals surface area contributed by atoms with E-state index in [1.807, 2.05) is 32.9 Å². The van der Waals surface area contributed by atoms with Crippen molar-refractivity contribution in [2.24, 2.45) is 12.8 Å². The third kappa shape index (κ3) is 3.02. The highest BCUT2D eigenvalue weighted by Gasteiger charge is 2.15. The van der Waals surface area contributed by atoms with Gasteiger partial charge < -0.3 is 5.73 Å². The zero-order valence-corrected chi connectivity index (χ0v) is 14.9. The quantitative estimate of drug-likeness (QED) is 0.770. The van der Waals surface area contributed by atoms with Crippen molar-refractivity contribution >= 4 is 23.3 Å². The molecule has 0 saturated heterocycles. The van der Waals surface area contributed by atoms with Crippen molar-refractivity contribution in [3.63, 3.8) is 0 Å². The average Bonchev–Trinajstić information content (AvgIpc) is 2.51. The molecule has 0 fully saturated rings. The lowest BCUT2D eigenvalue weighted by Gasteiger charge is -2.14. The van der Waals surface area contributed by atoms with Crippen LogP contribution in [0.15, 0.2) is 29.3 Å². The molecule has 126 valence electrons. The Labute approximate surface area is 146 Å². The van der Waals surface area contributed by atoms with E-state index < -0.39 is 0 Å². The van der Waals surface area contributed by atoms with Crippen LogP contribution in [0.2, 0.25) is 0 Å². The standard InChI is InChI=1S/C17H19N5O.ClH/c1-9-5-13(10(2)18)15-14(6-9)17(23)22(4)16(21-15)12-7-19-11(3)20-8-12;/h5-8,10H,18H2,1-4H3;1H. The summed E-state index contributed by atoms with van der Waals surface area (Å²) >= 11 is 0. The first-order valence-electron chi connectivity index (χ1n) is 7.44. The normalized spacial score (nSPS) is 12.0. The number of fused-ring (bicyclic) bond motifs is 1. The Balaban J connectivity index is 0.00000208. The van der Waals surface area contributed by atoms with Gasteiger partial charge in [-0.05, 0) is 38.0 Å². The summed E-state index contributed by atoms with van der Waals surface area (Å²) in [4.78, 5) is 25.8. The maximum Gasteiger partial charge on any atom is 0.261 e. The van der Waals surface area contributed by atoms with Gasteiger partial charge in [-0.15, -0.1) is 12.4 Å². The van der Waals surface area contributed by atoms with Gasteiger partial charge >= 0.3 is 0 Å². The number of benzene rings is 1.